The highest BCUT2D eigenvalue weighted by molar-refractivity contribution is 6.00. The van der Waals surface area contributed by atoms with Crippen LogP contribution in [-0.4, -0.2) is 48.3 Å². The van der Waals surface area contributed by atoms with Crippen molar-refractivity contribution in [2.45, 2.75) is 71.8 Å². The highest BCUT2D eigenvalue weighted by Crippen LogP contribution is 2.21. The van der Waals surface area contributed by atoms with E-state index in [1.165, 1.54) is 0 Å². The van der Waals surface area contributed by atoms with E-state index in [4.69, 9.17) is 9.57 Å². The van der Waals surface area contributed by atoms with Gasteiger partial charge in [-0.15, -0.1) is 0 Å². The first-order valence-corrected chi connectivity index (χ1v) is 12.0. The van der Waals surface area contributed by atoms with Crippen LogP contribution >= 0.6 is 0 Å². The van der Waals surface area contributed by atoms with Crippen LogP contribution in [-0.2, 0) is 20.8 Å². The van der Waals surface area contributed by atoms with E-state index in [0.29, 0.717) is 30.7 Å². The zero-order valence-electron chi connectivity index (χ0n) is 20.1. The summed E-state index contributed by atoms with van der Waals surface area (Å²) in [5, 5.41) is 4.31. The first kappa shape index (κ1) is 24.7. The van der Waals surface area contributed by atoms with E-state index in [-0.39, 0.29) is 24.5 Å². The lowest BCUT2D eigenvalue weighted by molar-refractivity contribution is -0.139. The van der Waals surface area contributed by atoms with Gasteiger partial charge in [-0.05, 0) is 76.5 Å². The number of nitrogens with zero attached hydrogens (tertiary/aromatic N) is 2. The molecular formula is C27H36N2O4. The number of carbonyl (C=O) groups excluding carboxylic acids is 2. The van der Waals surface area contributed by atoms with Gasteiger partial charge >= 0.3 is 5.97 Å². The number of benzene rings is 1. The molecule has 1 aromatic rings. The molecule has 2 heterocycles. The maximum absolute atomic E-state index is 12.8. The summed E-state index contributed by atoms with van der Waals surface area (Å²) in [5.41, 5.74) is 4.07. The van der Waals surface area contributed by atoms with Gasteiger partial charge in [0.1, 0.15) is 0 Å². The fourth-order valence-electron chi connectivity index (χ4n) is 4.47. The standard InChI is InChI=1S/C27H36N2O4/c1-20-16-21(2)26-23(17-20)18-24(13-8-6-4-5-7-11-15-32-27(26)31)28-33-19-25(30)29-14-10-9-12-22(29)3/h5,7-8,13,16-17,22H,4,6,9-12,14-15,18-19H2,1-3H3/b7-5+,13-8+,28-24-. The van der Waals surface area contributed by atoms with E-state index in [0.717, 1.165) is 55.3 Å². The molecule has 1 amide bonds. The molecular weight excluding hydrogens is 416 g/mol. The van der Waals surface area contributed by atoms with E-state index < -0.39 is 0 Å². The second-order valence-electron chi connectivity index (χ2n) is 8.96. The van der Waals surface area contributed by atoms with Crippen LogP contribution < -0.4 is 0 Å². The van der Waals surface area contributed by atoms with Crippen LogP contribution in [0.2, 0.25) is 0 Å². The van der Waals surface area contributed by atoms with Crippen molar-refractivity contribution in [1.29, 1.82) is 0 Å². The highest BCUT2D eigenvalue weighted by Gasteiger charge is 2.23. The number of hydrogen-bond acceptors (Lipinski definition) is 5. The molecule has 0 bridgehead atoms. The van der Waals surface area contributed by atoms with Gasteiger partial charge in [0.2, 0.25) is 0 Å². The fraction of sp³-hybridized carbons (Fsp3) is 0.519. The number of fused-ring (bicyclic) bond motifs is 1. The largest absolute Gasteiger partial charge is 0.462 e. The number of oxime groups is 1. The summed E-state index contributed by atoms with van der Waals surface area (Å²) in [6.07, 6.45) is 14.3. The number of carbonyl (C=O) groups is 2. The Morgan fingerprint density at radius 1 is 1.15 bits per heavy atom. The van der Waals surface area contributed by atoms with Crippen molar-refractivity contribution in [3.8, 4) is 0 Å². The van der Waals surface area contributed by atoms with Gasteiger partial charge in [0, 0.05) is 19.0 Å². The fourth-order valence-corrected chi connectivity index (χ4v) is 4.47. The van der Waals surface area contributed by atoms with Crippen molar-refractivity contribution in [2.24, 2.45) is 5.16 Å². The van der Waals surface area contributed by atoms with E-state index >= 15 is 0 Å². The van der Waals surface area contributed by atoms with Crippen LogP contribution in [0.5, 0.6) is 0 Å². The number of piperidine rings is 1. The highest BCUT2D eigenvalue weighted by atomic mass is 16.6. The lowest BCUT2D eigenvalue weighted by atomic mass is 9.95. The molecule has 0 aliphatic carbocycles. The van der Waals surface area contributed by atoms with E-state index in [1.807, 2.05) is 43.0 Å². The van der Waals surface area contributed by atoms with E-state index in [2.05, 4.69) is 24.2 Å². The Kier molecular flexibility index (Phi) is 9.28. The summed E-state index contributed by atoms with van der Waals surface area (Å²) in [6.45, 7) is 7.08. The molecule has 178 valence electrons. The van der Waals surface area contributed by atoms with E-state index in [1.54, 1.807) is 0 Å². The third-order valence-corrected chi connectivity index (χ3v) is 6.12. The molecule has 6 heteroatoms. The molecule has 1 atom stereocenters. The molecule has 6 nitrogen and oxygen atoms in total. The Labute approximate surface area is 197 Å². The summed E-state index contributed by atoms with van der Waals surface area (Å²) in [5.74, 6) is -0.344. The minimum Gasteiger partial charge on any atom is -0.462 e. The molecule has 2 aliphatic heterocycles. The van der Waals surface area contributed by atoms with Gasteiger partial charge in [-0.1, -0.05) is 41.1 Å². The van der Waals surface area contributed by atoms with Crippen LogP contribution in [0.1, 0.15) is 72.5 Å². The topological polar surface area (TPSA) is 68.2 Å². The Balaban J connectivity index is 1.81. The number of allylic oxidation sites excluding steroid dienone is 3. The quantitative estimate of drug-likeness (QED) is 0.365. The Morgan fingerprint density at radius 3 is 2.76 bits per heavy atom. The summed E-state index contributed by atoms with van der Waals surface area (Å²) < 4.78 is 5.53. The van der Waals surface area contributed by atoms with Gasteiger partial charge in [0.15, 0.2) is 6.61 Å². The molecule has 0 saturated carbocycles. The summed E-state index contributed by atoms with van der Waals surface area (Å²) in [6, 6.07) is 4.23. The first-order chi connectivity index (χ1) is 16.0. The lowest BCUT2D eigenvalue weighted by Gasteiger charge is -2.32. The van der Waals surface area contributed by atoms with Gasteiger partial charge in [-0.2, -0.15) is 0 Å². The second kappa shape index (κ2) is 12.4. The number of cyclic esters (lactones) is 1. The molecule has 0 radical (unpaired) electrons. The minimum atomic E-state index is -0.313. The van der Waals surface area contributed by atoms with Gasteiger partial charge in [0.05, 0.1) is 17.9 Å². The Morgan fingerprint density at radius 2 is 1.94 bits per heavy atom. The van der Waals surface area contributed by atoms with Crippen molar-refractivity contribution in [3.05, 3.63) is 58.7 Å². The molecule has 2 aliphatic rings. The number of amides is 1. The van der Waals surface area contributed by atoms with Crippen LogP contribution in [0.25, 0.3) is 0 Å². The maximum atomic E-state index is 12.8. The van der Waals surface area contributed by atoms with Gasteiger partial charge in [-0.25, -0.2) is 4.79 Å². The third-order valence-electron chi connectivity index (χ3n) is 6.12. The predicted molar refractivity (Wildman–Crippen MR) is 130 cm³/mol. The van der Waals surface area contributed by atoms with E-state index in [9.17, 15) is 9.59 Å². The zero-order chi connectivity index (χ0) is 23.6. The monoisotopic (exact) mass is 452 g/mol. The number of hydrogen-bond donors (Lipinski definition) is 0. The molecule has 33 heavy (non-hydrogen) atoms. The first-order valence-electron chi connectivity index (χ1n) is 12.0. The molecule has 3 rings (SSSR count). The van der Waals surface area contributed by atoms with Crippen molar-refractivity contribution in [1.82, 2.24) is 4.90 Å². The van der Waals surface area contributed by atoms with Crippen molar-refractivity contribution >= 4 is 17.6 Å². The summed E-state index contributed by atoms with van der Waals surface area (Å²) >= 11 is 0. The Hall–Kier alpha value is -2.89. The smallest absolute Gasteiger partial charge is 0.338 e. The average molecular weight is 453 g/mol. The number of ether oxygens (including phenoxy) is 1. The van der Waals surface area contributed by atoms with Crippen LogP contribution in [0.4, 0.5) is 0 Å². The maximum Gasteiger partial charge on any atom is 0.338 e. The van der Waals surface area contributed by atoms with Crippen molar-refractivity contribution in [2.75, 3.05) is 19.8 Å². The van der Waals surface area contributed by atoms with Gasteiger partial charge in [0.25, 0.3) is 5.91 Å². The van der Waals surface area contributed by atoms with Crippen molar-refractivity contribution in [3.63, 3.8) is 0 Å². The number of aryl methyl sites for hydroxylation is 2. The summed E-state index contributed by atoms with van der Waals surface area (Å²) in [7, 11) is 0. The SMILES string of the molecule is Cc1cc(C)c2c(c1)CC(=N\OCC(=O)N1CCCCC1C)/C=C/CC/C=C/CCOC2=O. The molecule has 1 fully saturated rings. The molecule has 1 aromatic carbocycles. The van der Waals surface area contributed by atoms with Crippen LogP contribution in [0.3, 0.4) is 0 Å². The second-order valence-corrected chi connectivity index (χ2v) is 8.96. The summed E-state index contributed by atoms with van der Waals surface area (Å²) in [4.78, 5) is 32.9. The zero-order valence-corrected chi connectivity index (χ0v) is 20.1. The molecule has 0 spiro atoms. The molecule has 1 saturated heterocycles. The lowest BCUT2D eigenvalue weighted by Crippen LogP contribution is -2.43. The Bertz CT molecular complexity index is 932. The third kappa shape index (κ3) is 7.31. The number of rotatable bonds is 3. The molecule has 1 unspecified atom stereocenters. The van der Waals surface area contributed by atoms with Crippen molar-refractivity contribution < 1.29 is 19.2 Å². The predicted octanol–water partition coefficient (Wildman–Crippen LogP) is 5.07. The normalized spacial score (nSPS) is 23.2. The number of esters is 1. The average Bonchev–Trinajstić information content (AvgIpc) is 2.77. The van der Waals surface area contributed by atoms with Crippen LogP contribution in [0, 0.1) is 13.8 Å². The van der Waals surface area contributed by atoms with Gasteiger partial charge in [-0.3, -0.25) is 4.79 Å². The van der Waals surface area contributed by atoms with Gasteiger partial charge < -0.3 is 14.5 Å². The molecule has 0 aromatic heterocycles. The van der Waals surface area contributed by atoms with Crippen LogP contribution in [0.15, 0.2) is 41.6 Å². The minimum absolute atomic E-state index is 0.0303. The number of likely N-dealkylation sites (tertiary alicyclic amines) is 1. The molecule has 0 N–H and O–H groups in total.